The minimum atomic E-state index is -0.0567. The molecule has 0 spiro atoms. The van der Waals surface area contributed by atoms with E-state index in [4.69, 9.17) is 9.47 Å². The molecule has 5 aliphatic rings. The van der Waals surface area contributed by atoms with Crippen LogP contribution < -0.4 is 5.32 Å². The smallest absolute Gasteiger partial charge is 0.305 e. The van der Waals surface area contributed by atoms with Crippen molar-refractivity contribution in [1.82, 2.24) is 5.32 Å². The van der Waals surface area contributed by atoms with E-state index in [2.05, 4.69) is 39.1 Å². The minimum Gasteiger partial charge on any atom is -0.494 e. The summed E-state index contributed by atoms with van der Waals surface area (Å²) in [6.07, 6.45) is 13.5. The summed E-state index contributed by atoms with van der Waals surface area (Å²) in [6.45, 7) is 13.9. The molecule has 1 amide bonds. The molecule has 0 aromatic heterocycles. The van der Waals surface area contributed by atoms with Gasteiger partial charge in [-0.1, -0.05) is 39.3 Å². The van der Waals surface area contributed by atoms with Crippen LogP contribution in [-0.2, 0) is 19.1 Å². The van der Waals surface area contributed by atoms with E-state index in [1.165, 1.54) is 37.0 Å². The van der Waals surface area contributed by atoms with Crippen LogP contribution in [0.3, 0.4) is 0 Å². The minimum absolute atomic E-state index is 0.0509. The van der Waals surface area contributed by atoms with Crippen LogP contribution in [0.5, 0.6) is 0 Å². The molecule has 0 aromatic rings. The highest BCUT2D eigenvalue weighted by molar-refractivity contribution is 5.72. The van der Waals surface area contributed by atoms with Crippen molar-refractivity contribution in [3.05, 3.63) is 23.0 Å². The van der Waals surface area contributed by atoms with Gasteiger partial charge in [-0.05, 0) is 91.9 Å². The second-order valence-electron chi connectivity index (χ2n) is 13.6. The monoisotopic (exact) mass is 511 g/mol. The molecule has 0 radical (unpaired) electrons. The first kappa shape index (κ1) is 26.8. The number of nitrogens with one attached hydrogen (secondary N) is 1. The summed E-state index contributed by atoms with van der Waals surface area (Å²) in [5.74, 6) is 4.45. The second kappa shape index (κ2) is 10.1. The number of carbonyl (C=O) groups is 2. The van der Waals surface area contributed by atoms with E-state index in [1.54, 1.807) is 12.5 Å². The van der Waals surface area contributed by atoms with Crippen LogP contribution in [0, 0.1) is 40.4 Å². The third-order valence-corrected chi connectivity index (χ3v) is 11.4. The Balaban J connectivity index is 1.28. The molecule has 3 saturated carbocycles. The highest BCUT2D eigenvalue weighted by atomic mass is 16.5. The Bertz CT molecular complexity index is 983. The lowest BCUT2D eigenvalue weighted by Gasteiger charge is -2.58. The van der Waals surface area contributed by atoms with Gasteiger partial charge in [-0.3, -0.25) is 9.59 Å². The van der Waals surface area contributed by atoms with Gasteiger partial charge in [-0.2, -0.15) is 0 Å². The number of rotatable bonds is 7. The van der Waals surface area contributed by atoms with Crippen LogP contribution in [0.15, 0.2) is 23.0 Å². The van der Waals surface area contributed by atoms with Crippen LogP contribution in [0.1, 0.15) is 106 Å². The van der Waals surface area contributed by atoms with Crippen molar-refractivity contribution < 1.29 is 19.1 Å². The third kappa shape index (κ3) is 4.67. The van der Waals surface area contributed by atoms with Gasteiger partial charge in [-0.15, -0.1) is 0 Å². The highest BCUT2D eigenvalue weighted by Crippen LogP contribution is 2.69. The molecule has 0 aromatic carbocycles. The molecule has 3 fully saturated rings. The van der Waals surface area contributed by atoms with E-state index in [1.807, 2.05) is 6.92 Å². The number of esters is 1. The van der Waals surface area contributed by atoms with Crippen molar-refractivity contribution in [2.45, 2.75) is 118 Å². The van der Waals surface area contributed by atoms with Gasteiger partial charge in [0.05, 0.1) is 5.76 Å². The van der Waals surface area contributed by atoms with E-state index in [0.717, 1.165) is 56.4 Å². The van der Waals surface area contributed by atoms with Crippen LogP contribution in [0.4, 0.5) is 0 Å². The van der Waals surface area contributed by atoms with Crippen LogP contribution in [-0.4, -0.2) is 30.6 Å². The van der Waals surface area contributed by atoms with Gasteiger partial charge in [0, 0.05) is 38.6 Å². The van der Waals surface area contributed by atoms with Crippen molar-refractivity contribution in [2.24, 2.45) is 40.4 Å². The van der Waals surface area contributed by atoms with Crippen molar-refractivity contribution in [2.75, 3.05) is 6.54 Å². The second-order valence-corrected chi connectivity index (χ2v) is 13.6. The van der Waals surface area contributed by atoms with Crippen LogP contribution in [0.2, 0.25) is 0 Å². The van der Waals surface area contributed by atoms with Gasteiger partial charge in [0.25, 0.3) is 0 Å². The summed E-state index contributed by atoms with van der Waals surface area (Å²) in [5.41, 5.74) is 3.67. The Morgan fingerprint density at radius 2 is 2.00 bits per heavy atom. The SMILES string of the molecule is CCC(=O)O[C@@H]1CC[C@@]2(C)C(=CC[C@H]3[C@@H]4C[C@@H]5OC(CC[C@H](C)CNC(C)=O)=C(C)[C@@H]5[C@@]4(C)CC[C@@H]32)C1. The Kier molecular flexibility index (Phi) is 7.30. The summed E-state index contributed by atoms with van der Waals surface area (Å²) in [6, 6.07) is 0. The topological polar surface area (TPSA) is 64.6 Å². The molecule has 1 heterocycles. The predicted molar refractivity (Wildman–Crippen MR) is 145 cm³/mol. The number of amides is 1. The fourth-order valence-corrected chi connectivity index (χ4v) is 9.38. The van der Waals surface area contributed by atoms with Crippen molar-refractivity contribution in [3.8, 4) is 0 Å². The molecule has 5 rings (SSSR count). The number of hydrogen-bond donors (Lipinski definition) is 1. The van der Waals surface area contributed by atoms with Crippen molar-refractivity contribution in [1.29, 1.82) is 0 Å². The maximum absolute atomic E-state index is 11.9. The van der Waals surface area contributed by atoms with E-state index >= 15 is 0 Å². The molecule has 37 heavy (non-hydrogen) atoms. The Morgan fingerprint density at radius 1 is 1.22 bits per heavy atom. The van der Waals surface area contributed by atoms with Gasteiger partial charge in [0.15, 0.2) is 0 Å². The average molecular weight is 512 g/mol. The molecular weight excluding hydrogens is 462 g/mol. The first-order valence-corrected chi connectivity index (χ1v) is 15.1. The summed E-state index contributed by atoms with van der Waals surface area (Å²) in [4.78, 5) is 23.2. The highest BCUT2D eigenvalue weighted by Gasteiger charge is 2.63. The van der Waals surface area contributed by atoms with E-state index in [0.29, 0.717) is 29.8 Å². The van der Waals surface area contributed by atoms with E-state index in [-0.39, 0.29) is 23.4 Å². The molecule has 5 heteroatoms. The number of carbonyl (C=O) groups excluding carboxylic acids is 2. The maximum atomic E-state index is 11.9. The Morgan fingerprint density at radius 3 is 2.73 bits per heavy atom. The maximum Gasteiger partial charge on any atom is 0.305 e. The molecule has 1 aliphatic heterocycles. The summed E-state index contributed by atoms with van der Waals surface area (Å²) >= 11 is 0. The lowest BCUT2D eigenvalue weighted by molar-refractivity contribution is -0.151. The standard InChI is InChI=1S/C32H49NO4/c1-7-29(35)36-23-12-14-31(5)22(16-23)9-10-24-25(31)13-15-32(6)26(24)17-28-30(32)20(3)27(37-28)11-8-19(2)18-33-21(4)34/h9,19,23-26,28,30H,7-8,10-18H2,1-6H3,(H,33,34)/t19-,23+,24+,25-,26-,28-,30-,31-,32-/m0/s1. The van der Waals surface area contributed by atoms with Gasteiger partial charge >= 0.3 is 5.97 Å². The number of hydrogen-bond acceptors (Lipinski definition) is 4. The van der Waals surface area contributed by atoms with Gasteiger partial charge < -0.3 is 14.8 Å². The summed E-state index contributed by atoms with van der Waals surface area (Å²) in [7, 11) is 0. The Labute approximate surface area is 224 Å². The molecule has 9 atom stereocenters. The predicted octanol–water partition coefficient (Wildman–Crippen LogP) is 6.72. The lowest BCUT2D eigenvalue weighted by atomic mass is 9.47. The zero-order chi connectivity index (χ0) is 26.5. The van der Waals surface area contributed by atoms with Crippen LogP contribution in [0.25, 0.3) is 0 Å². The van der Waals surface area contributed by atoms with Crippen molar-refractivity contribution in [3.63, 3.8) is 0 Å². The average Bonchev–Trinajstić information content (AvgIpc) is 3.34. The quantitative estimate of drug-likeness (QED) is 0.304. The zero-order valence-electron chi connectivity index (χ0n) is 24.0. The molecule has 206 valence electrons. The third-order valence-electron chi connectivity index (χ3n) is 11.4. The normalized spacial score (nSPS) is 41.0. The molecule has 4 aliphatic carbocycles. The first-order chi connectivity index (χ1) is 17.6. The lowest BCUT2D eigenvalue weighted by Crippen LogP contribution is -2.50. The fourth-order valence-electron chi connectivity index (χ4n) is 9.38. The van der Waals surface area contributed by atoms with E-state index < -0.39 is 0 Å². The van der Waals surface area contributed by atoms with E-state index in [9.17, 15) is 9.59 Å². The summed E-state index contributed by atoms with van der Waals surface area (Å²) in [5, 5.41) is 2.96. The van der Waals surface area contributed by atoms with Crippen LogP contribution >= 0.6 is 0 Å². The first-order valence-electron chi connectivity index (χ1n) is 15.1. The largest absolute Gasteiger partial charge is 0.494 e. The number of fused-ring (bicyclic) bond motifs is 7. The Hall–Kier alpha value is -1.78. The molecule has 1 N–H and O–H groups in total. The molecule has 0 saturated heterocycles. The van der Waals surface area contributed by atoms with Gasteiger partial charge in [0.1, 0.15) is 12.2 Å². The molecule has 0 bridgehead atoms. The summed E-state index contributed by atoms with van der Waals surface area (Å²) < 4.78 is 12.5. The molecular formula is C32H49NO4. The van der Waals surface area contributed by atoms with Crippen molar-refractivity contribution >= 4 is 11.9 Å². The van der Waals surface area contributed by atoms with Gasteiger partial charge in [-0.25, -0.2) is 0 Å². The fraction of sp³-hybridized carbons (Fsp3) is 0.812. The zero-order valence-corrected chi connectivity index (χ0v) is 24.0. The molecule has 5 nitrogen and oxygen atoms in total. The molecule has 0 unspecified atom stereocenters. The number of ether oxygens (including phenoxy) is 2. The number of allylic oxidation sites excluding steroid dienone is 2. The van der Waals surface area contributed by atoms with Gasteiger partial charge in [0.2, 0.25) is 5.91 Å².